The van der Waals surface area contributed by atoms with Crippen molar-refractivity contribution in [2.24, 2.45) is 5.73 Å². The average molecular weight is 259 g/mol. The molecule has 0 aromatic heterocycles. The summed E-state index contributed by atoms with van der Waals surface area (Å²) in [7, 11) is 0. The third kappa shape index (κ3) is 3.55. The third-order valence-corrected chi connectivity index (χ3v) is 3.04. The summed E-state index contributed by atoms with van der Waals surface area (Å²) >= 11 is 0. The largest absolute Gasteiger partial charge is 0.491 e. The van der Waals surface area contributed by atoms with E-state index in [4.69, 9.17) is 10.5 Å². The summed E-state index contributed by atoms with van der Waals surface area (Å²) in [6.45, 7) is 4.23. The molecule has 1 unspecified atom stereocenters. The van der Waals surface area contributed by atoms with Crippen molar-refractivity contribution in [3.63, 3.8) is 0 Å². The van der Waals surface area contributed by atoms with Gasteiger partial charge >= 0.3 is 0 Å². The second-order valence-corrected chi connectivity index (χ2v) is 4.74. The number of nitrogens with two attached hydrogens (primary N) is 1. The quantitative estimate of drug-likeness (QED) is 0.911. The van der Waals surface area contributed by atoms with Gasteiger partial charge in [-0.3, -0.25) is 0 Å². The zero-order chi connectivity index (χ0) is 13.8. The van der Waals surface area contributed by atoms with E-state index in [0.29, 0.717) is 12.4 Å². The SMILES string of the molecule is Cc1cccc(C(N)COc2cc(F)ccc2C)c1. The number of ether oxygens (including phenoxy) is 1. The topological polar surface area (TPSA) is 35.2 Å². The van der Waals surface area contributed by atoms with Gasteiger partial charge < -0.3 is 10.5 Å². The maximum atomic E-state index is 13.1. The Balaban J connectivity index is 2.04. The summed E-state index contributed by atoms with van der Waals surface area (Å²) in [6, 6.07) is 12.3. The Bertz CT molecular complexity index is 568. The number of hydrogen-bond acceptors (Lipinski definition) is 2. The molecule has 0 amide bonds. The van der Waals surface area contributed by atoms with Crippen LogP contribution in [0.1, 0.15) is 22.7 Å². The van der Waals surface area contributed by atoms with Gasteiger partial charge in [0.25, 0.3) is 0 Å². The van der Waals surface area contributed by atoms with Crippen LogP contribution in [0.5, 0.6) is 5.75 Å². The Morgan fingerprint density at radius 1 is 1.16 bits per heavy atom. The zero-order valence-electron chi connectivity index (χ0n) is 11.2. The van der Waals surface area contributed by atoms with Crippen molar-refractivity contribution in [1.29, 1.82) is 0 Å². The molecule has 0 aliphatic heterocycles. The molecule has 0 aliphatic carbocycles. The lowest BCUT2D eigenvalue weighted by Crippen LogP contribution is -2.19. The van der Waals surface area contributed by atoms with Crippen LogP contribution in [0, 0.1) is 19.7 Å². The molecule has 0 heterocycles. The lowest BCUT2D eigenvalue weighted by molar-refractivity contribution is 0.287. The van der Waals surface area contributed by atoms with Gasteiger partial charge in [0.1, 0.15) is 18.2 Å². The van der Waals surface area contributed by atoms with Gasteiger partial charge in [0, 0.05) is 6.07 Å². The maximum Gasteiger partial charge on any atom is 0.126 e. The van der Waals surface area contributed by atoms with Crippen LogP contribution < -0.4 is 10.5 Å². The van der Waals surface area contributed by atoms with E-state index in [-0.39, 0.29) is 11.9 Å². The Morgan fingerprint density at radius 3 is 2.68 bits per heavy atom. The van der Waals surface area contributed by atoms with Gasteiger partial charge in [-0.2, -0.15) is 0 Å². The first kappa shape index (κ1) is 13.6. The van der Waals surface area contributed by atoms with Crippen LogP contribution in [0.15, 0.2) is 42.5 Å². The fourth-order valence-corrected chi connectivity index (χ4v) is 1.91. The molecule has 0 bridgehead atoms. The summed E-state index contributed by atoms with van der Waals surface area (Å²) in [6.07, 6.45) is 0. The van der Waals surface area contributed by atoms with Gasteiger partial charge in [-0.15, -0.1) is 0 Å². The van der Waals surface area contributed by atoms with Crippen LogP contribution >= 0.6 is 0 Å². The lowest BCUT2D eigenvalue weighted by Gasteiger charge is -2.15. The van der Waals surface area contributed by atoms with Gasteiger partial charge in [-0.05, 0) is 31.0 Å². The average Bonchev–Trinajstić information content (AvgIpc) is 2.39. The number of hydrogen-bond donors (Lipinski definition) is 1. The standard InChI is InChI=1S/C16H18FNO/c1-11-4-3-5-13(8-11)15(18)10-19-16-9-14(17)7-6-12(16)2/h3-9,15H,10,18H2,1-2H3. The highest BCUT2D eigenvalue weighted by molar-refractivity contribution is 5.33. The van der Waals surface area contributed by atoms with Crippen LogP contribution in [0.4, 0.5) is 4.39 Å². The summed E-state index contributed by atoms with van der Waals surface area (Å²) in [5.74, 6) is 0.243. The first-order valence-electron chi connectivity index (χ1n) is 6.27. The van der Waals surface area contributed by atoms with Crippen molar-refractivity contribution in [3.8, 4) is 5.75 Å². The van der Waals surface area contributed by atoms with E-state index >= 15 is 0 Å². The lowest BCUT2D eigenvalue weighted by atomic mass is 10.1. The number of halogens is 1. The number of benzene rings is 2. The molecule has 2 nitrogen and oxygen atoms in total. The van der Waals surface area contributed by atoms with Crippen LogP contribution in [-0.2, 0) is 0 Å². The Kier molecular flexibility index (Phi) is 4.17. The molecule has 0 spiro atoms. The Hall–Kier alpha value is -1.87. The summed E-state index contributed by atoms with van der Waals surface area (Å²) in [5.41, 5.74) is 9.17. The van der Waals surface area contributed by atoms with Crippen LogP contribution in [0.3, 0.4) is 0 Å². The minimum Gasteiger partial charge on any atom is -0.491 e. The minimum atomic E-state index is -0.301. The van der Waals surface area contributed by atoms with E-state index in [1.165, 1.54) is 12.1 Å². The molecule has 0 saturated heterocycles. The van der Waals surface area contributed by atoms with E-state index in [1.807, 2.05) is 38.1 Å². The smallest absolute Gasteiger partial charge is 0.126 e. The molecule has 3 heteroatoms. The minimum absolute atomic E-state index is 0.220. The molecule has 1 atom stereocenters. The molecule has 2 aromatic carbocycles. The second-order valence-electron chi connectivity index (χ2n) is 4.74. The van der Waals surface area contributed by atoms with Crippen LogP contribution in [0.25, 0.3) is 0 Å². The molecule has 19 heavy (non-hydrogen) atoms. The fraction of sp³-hybridized carbons (Fsp3) is 0.250. The van der Waals surface area contributed by atoms with Crippen molar-refractivity contribution in [2.75, 3.05) is 6.61 Å². The highest BCUT2D eigenvalue weighted by atomic mass is 19.1. The highest BCUT2D eigenvalue weighted by Crippen LogP contribution is 2.20. The van der Waals surface area contributed by atoms with E-state index in [0.717, 1.165) is 16.7 Å². The molecule has 0 saturated carbocycles. The van der Waals surface area contributed by atoms with Crippen LogP contribution in [0.2, 0.25) is 0 Å². The Labute approximate surface area is 113 Å². The highest BCUT2D eigenvalue weighted by Gasteiger charge is 2.08. The van der Waals surface area contributed by atoms with E-state index in [9.17, 15) is 4.39 Å². The van der Waals surface area contributed by atoms with Crippen molar-refractivity contribution in [1.82, 2.24) is 0 Å². The van der Waals surface area contributed by atoms with Gasteiger partial charge in [0.2, 0.25) is 0 Å². The predicted octanol–water partition coefficient (Wildman–Crippen LogP) is 3.52. The van der Waals surface area contributed by atoms with E-state index in [1.54, 1.807) is 6.07 Å². The van der Waals surface area contributed by atoms with Gasteiger partial charge in [-0.1, -0.05) is 35.9 Å². The van der Waals surface area contributed by atoms with Gasteiger partial charge in [0.15, 0.2) is 0 Å². The second kappa shape index (κ2) is 5.85. The van der Waals surface area contributed by atoms with E-state index in [2.05, 4.69) is 0 Å². The Morgan fingerprint density at radius 2 is 1.95 bits per heavy atom. The molecular weight excluding hydrogens is 241 g/mol. The van der Waals surface area contributed by atoms with Gasteiger partial charge in [0.05, 0.1) is 6.04 Å². The molecular formula is C16H18FNO. The normalized spacial score (nSPS) is 12.2. The van der Waals surface area contributed by atoms with Crippen molar-refractivity contribution in [2.45, 2.75) is 19.9 Å². The first-order chi connectivity index (χ1) is 9.06. The van der Waals surface area contributed by atoms with Gasteiger partial charge in [-0.25, -0.2) is 4.39 Å². The summed E-state index contributed by atoms with van der Waals surface area (Å²) < 4.78 is 18.7. The summed E-state index contributed by atoms with van der Waals surface area (Å²) in [4.78, 5) is 0. The van der Waals surface area contributed by atoms with Crippen molar-refractivity contribution >= 4 is 0 Å². The molecule has 0 fully saturated rings. The molecule has 0 aliphatic rings. The van der Waals surface area contributed by atoms with Crippen LogP contribution in [-0.4, -0.2) is 6.61 Å². The predicted molar refractivity (Wildman–Crippen MR) is 74.7 cm³/mol. The molecule has 2 rings (SSSR count). The zero-order valence-corrected chi connectivity index (χ0v) is 11.2. The van der Waals surface area contributed by atoms with E-state index < -0.39 is 0 Å². The molecule has 2 N–H and O–H groups in total. The maximum absolute atomic E-state index is 13.1. The monoisotopic (exact) mass is 259 g/mol. The third-order valence-electron chi connectivity index (χ3n) is 3.04. The number of aryl methyl sites for hydroxylation is 2. The van der Waals surface area contributed by atoms with Crippen molar-refractivity contribution < 1.29 is 9.13 Å². The molecule has 0 radical (unpaired) electrons. The molecule has 100 valence electrons. The first-order valence-corrected chi connectivity index (χ1v) is 6.27. The number of rotatable bonds is 4. The van der Waals surface area contributed by atoms with Crippen molar-refractivity contribution in [3.05, 3.63) is 65.0 Å². The summed E-state index contributed by atoms with van der Waals surface area (Å²) in [5, 5.41) is 0. The fourth-order valence-electron chi connectivity index (χ4n) is 1.91. The molecule has 2 aromatic rings.